The molecule has 0 atom stereocenters. The number of carboxylic acid groups (broad SMARTS) is 1. The number of hydrogen-bond donors (Lipinski definition) is 2. The van der Waals surface area contributed by atoms with E-state index in [0.717, 1.165) is 11.8 Å². The van der Waals surface area contributed by atoms with Gasteiger partial charge < -0.3 is 5.11 Å². The van der Waals surface area contributed by atoms with Crippen molar-refractivity contribution in [2.75, 3.05) is 0 Å². The van der Waals surface area contributed by atoms with E-state index in [1.54, 1.807) is 0 Å². The summed E-state index contributed by atoms with van der Waals surface area (Å²) in [5, 5.41) is 11.7. The quantitative estimate of drug-likeness (QED) is 0.765. The molecule has 20 heavy (non-hydrogen) atoms. The first-order chi connectivity index (χ1) is 9.38. The summed E-state index contributed by atoms with van der Waals surface area (Å²) in [4.78, 5) is 41.0. The zero-order valence-electron chi connectivity index (χ0n) is 9.95. The Morgan fingerprint density at radius 1 is 1.50 bits per heavy atom. The second-order valence-corrected chi connectivity index (χ2v) is 5.48. The Morgan fingerprint density at radius 2 is 2.20 bits per heavy atom. The second-order valence-electron chi connectivity index (χ2n) is 3.61. The van der Waals surface area contributed by atoms with Crippen LogP contribution >= 0.6 is 27.7 Å². The van der Waals surface area contributed by atoms with Gasteiger partial charge in [0.15, 0.2) is 5.16 Å². The van der Waals surface area contributed by atoms with E-state index >= 15 is 0 Å². The molecule has 0 spiro atoms. The van der Waals surface area contributed by atoms with Crippen LogP contribution in [0.1, 0.15) is 10.4 Å². The minimum absolute atomic E-state index is 0.0372. The van der Waals surface area contributed by atoms with Gasteiger partial charge in [-0.2, -0.15) is 4.98 Å². The molecule has 2 N–H and O–H groups in total. The molecule has 2 rings (SSSR count). The summed E-state index contributed by atoms with van der Waals surface area (Å²) >= 11 is 4.00. The topological polar surface area (TPSA) is 118 Å². The lowest BCUT2D eigenvalue weighted by Gasteiger charge is -2.07. The van der Waals surface area contributed by atoms with Crippen LogP contribution in [0.5, 0.6) is 0 Å². The lowest BCUT2D eigenvalue weighted by Crippen LogP contribution is -2.33. The monoisotopic (exact) mass is 358 g/mol. The number of halogens is 1. The maximum atomic E-state index is 11.2. The highest BCUT2D eigenvalue weighted by Gasteiger charge is 2.16. The summed E-state index contributed by atoms with van der Waals surface area (Å²) in [6, 6.07) is 1.39. The van der Waals surface area contributed by atoms with Crippen LogP contribution in [-0.4, -0.2) is 30.8 Å². The molecule has 10 heteroatoms. The lowest BCUT2D eigenvalue weighted by molar-refractivity contribution is 0.0692. The molecule has 0 saturated carbocycles. The highest BCUT2D eigenvalue weighted by atomic mass is 79.9. The molecule has 104 valence electrons. The van der Waals surface area contributed by atoms with Gasteiger partial charge in [-0.25, -0.2) is 9.78 Å². The lowest BCUT2D eigenvalue weighted by atomic mass is 10.3. The Kier molecular flexibility index (Phi) is 4.04. The molecular weight excluding hydrogens is 352 g/mol. The molecule has 0 aromatic carbocycles. The summed E-state index contributed by atoms with van der Waals surface area (Å²) in [5.74, 6) is -1.16. The van der Waals surface area contributed by atoms with E-state index in [1.807, 2.05) is 0 Å². The van der Waals surface area contributed by atoms with Crippen LogP contribution in [0.25, 0.3) is 0 Å². The maximum Gasteiger partial charge on any atom is 0.339 e. The molecule has 2 aromatic rings. The molecule has 0 amide bonds. The van der Waals surface area contributed by atoms with Crippen LogP contribution in [0.4, 0.5) is 0 Å². The summed E-state index contributed by atoms with van der Waals surface area (Å²) < 4.78 is 1.74. The van der Waals surface area contributed by atoms with Gasteiger partial charge >= 0.3 is 17.1 Å². The summed E-state index contributed by atoms with van der Waals surface area (Å²) in [7, 11) is 1.48. The van der Waals surface area contributed by atoms with Crippen LogP contribution in [0, 0.1) is 0 Å². The second kappa shape index (κ2) is 5.59. The minimum Gasteiger partial charge on any atom is -0.478 e. The van der Waals surface area contributed by atoms with Crippen LogP contribution in [-0.2, 0) is 7.05 Å². The predicted molar refractivity (Wildman–Crippen MR) is 73.1 cm³/mol. The molecule has 0 saturated heterocycles. The zero-order chi connectivity index (χ0) is 14.9. The smallest absolute Gasteiger partial charge is 0.339 e. The molecule has 8 nitrogen and oxygen atoms in total. The van der Waals surface area contributed by atoms with Gasteiger partial charge in [-0.1, -0.05) is 0 Å². The third kappa shape index (κ3) is 2.96. The van der Waals surface area contributed by atoms with Crippen molar-refractivity contribution in [1.82, 2.24) is 19.7 Å². The van der Waals surface area contributed by atoms with Gasteiger partial charge in [0.2, 0.25) is 0 Å². The van der Waals surface area contributed by atoms with E-state index in [1.165, 1.54) is 24.0 Å². The van der Waals surface area contributed by atoms with Crippen molar-refractivity contribution in [3.05, 3.63) is 43.0 Å². The van der Waals surface area contributed by atoms with Crippen molar-refractivity contribution >= 4 is 33.7 Å². The molecule has 0 fully saturated rings. The number of nitrogens with zero attached hydrogens (tertiary/aromatic N) is 3. The highest BCUT2D eigenvalue weighted by molar-refractivity contribution is 9.10. The van der Waals surface area contributed by atoms with Crippen molar-refractivity contribution in [2.24, 2.45) is 7.05 Å². The number of aromatic carboxylic acids is 1. The van der Waals surface area contributed by atoms with Gasteiger partial charge in [-0.15, -0.1) is 0 Å². The van der Waals surface area contributed by atoms with Gasteiger partial charge in [0.05, 0.1) is 5.56 Å². The van der Waals surface area contributed by atoms with Gasteiger partial charge in [0.25, 0.3) is 0 Å². The third-order valence-electron chi connectivity index (χ3n) is 2.18. The number of aromatic amines is 1. The Hall–Kier alpha value is -1.94. The molecule has 0 aliphatic carbocycles. The number of carboxylic acids is 1. The van der Waals surface area contributed by atoms with Crippen molar-refractivity contribution in [3.63, 3.8) is 0 Å². The van der Waals surface area contributed by atoms with Gasteiger partial charge in [-0.05, 0) is 33.8 Å². The predicted octanol–water partition coefficient (Wildman–Crippen LogP) is 0.475. The Labute approximate surface area is 124 Å². The van der Waals surface area contributed by atoms with E-state index in [0.29, 0.717) is 4.47 Å². The number of aromatic nitrogens is 4. The number of nitrogens with one attached hydrogen (secondary N) is 1. The number of H-pyrrole nitrogens is 1. The third-order valence-corrected chi connectivity index (χ3v) is 3.68. The van der Waals surface area contributed by atoms with Crippen LogP contribution < -0.4 is 11.1 Å². The first-order valence-corrected chi connectivity index (χ1v) is 6.73. The van der Waals surface area contributed by atoms with Crippen molar-refractivity contribution in [3.8, 4) is 0 Å². The average Bonchev–Trinajstić information content (AvgIpc) is 2.37. The van der Waals surface area contributed by atoms with Gasteiger partial charge in [0.1, 0.15) is 5.03 Å². The standard InChI is InChI=1S/C10H7BrN4O4S/c1-15-10(13-6(16)7(17)14-15)20-8-5(9(18)19)2-4(11)3-12-8/h2-3H,1H3,(H,14,17)(H,18,19). The Bertz CT molecular complexity index is 801. The summed E-state index contributed by atoms with van der Waals surface area (Å²) in [6.45, 7) is 0. The van der Waals surface area contributed by atoms with Crippen LogP contribution in [0.3, 0.4) is 0 Å². The van der Waals surface area contributed by atoms with E-state index in [2.05, 4.69) is 31.0 Å². The molecule has 0 aliphatic heterocycles. The minimum atomic E-state index is -1.16. The number of rotatable bonds is 3. The van der Waals surface area contributed by atoms with Gasteiger partial charge in [-0.3, -0.25) is 19.4 Å². The van der Waals surface area contributed by atoms with Crippen LogP contribution in [0.2, 0.25) is 0 Å². The molecule has 2 heterocycles. The average molecular weight is 359 g/mol. The first-order valence-electron chi connectivity index (χ1n) is 5.12. The normalized spacial score (nSPS) is 10.5. The fourth-order valence-electron chi connectivity index (χ4n) is 1.30. The van der Waals surface area contributed by atoms with Gasteiger partial charge in [0, 0.05) is 17.7 Å². The van der Waals surface area contributed by atoms with E-state index in [-0.39, 0.29) is 15.7 Å². The molecular formula is C10H7BrN4O4S. The number of carbonyl (C=O) groups is 1. The number of aryl methyl sites for hydroxylation is 1. The number of hydrogen-bond acceptors (Lipinski definition) is 6. The fraction of sp³-hybridized carbons (Fsp3) is 0.100. The maximum absolute atomic E-state index is 11.2. The fourth-order valence-corrected chi connectivity index (χ4v) is 2.48. The van der Waals surface area contributed by atoms with E-state index in [9.17, 15) is 14.4 Å². The summed E-state index contributed by atoms with van der Waals surface area (Å²) in [6.07, 6.45) is 1.43. The molecule has 0 bridgehead atoms. The molecule has 0 unspecified atom stereocenters. The molecule has 0 radical (unpaired) electrons. The van der Waals surface area contributed by atoms with Crippen molar-refractivity contribution in [2.45, 2.75) is 10.2 Å². The number of pyridine rings is 1. The van der Waals surface area contributed by atoms with Crippen LogP contribution in [0.15, 0.2) is 36.5 Å². The Balaban J connectivity index is 2.50. The highest BCUT2D eigenvalue weighted by Crippen LogP contribution is 2.27. The summed E-state index contributed by atoms with van der Waals surface area (Å²) in [5.41, 5.74) is -1.83. The largest absolute Gasteiger partial charge is 0.478 e. The Morgan fingerprint density at radius 3 is 2.85 bits per heavy atom. The van der Waals surface area contributed by atoms with Crippen molar-refractivity contribution < 1.29 is 9.90 Å². The zero-order valence-corrected chi connectivity index (χ0v) is 12.4. The van der Waals surface area contributed by atoms with E-state index < -0.39 is 17.1 Å². The SMILES string of the molecule is Cn1[nH]c(=O)c(=O)nc1Sc1ncc(Br)cc1C(=O)O. The molecule has 0 aliphatic rings. The van der Waals surface area contributed by atoms with E-state index in [4.69, 9.17) is 5.11 Å². The molecule has 2 aromatic heterocycles. The first kappa shape index (κ1) is 14.5. The van der Waals surface area contributed by atoms with Crippen molar-refractivity contribution in [1.29, 1.82) is 0 Å².